The van der Waals surface area contributed by atoms with Crippen molar-refractivity contribution in [3.8, 4) is 0 Å². The van der Waals surface area contributed by atoms with Crippen molar-refractivity contribution in [2.45, 2.75) is 84.1 Å². The normalized spacial score (nSPS) is 14.2. The Labute approximate surface area is 184 Å². The van der Waals surface area contributed by atoms with Gasteiger partial charge in [-0.25, -0.2) is 0 Å². The Morgan fingerprint density at radius 2 is 1.32 bits per heavy atom. The Morgan fingerprint density at radius 1 is 0.839 bits per heavy atom. The second-order valence-electron chi connectivity index (χ2n) is 9.42. The molecule has 0 spiro atoms. The van der Waals surface area contributed by atoms with Crippen molar-refractivity contribution < 1.29 is 38.9 Å². The molecule has 0 radical (unpaired) electrons. The van der Waals surface area contributed by atoms with Gasteiger partial charge >= 0.3 is 11.9 Å². The number of rotatable bonds is 14. The van der Waals surface area contributed by atoms with Gasteiger partial charge in [-0.2, -0.15) is 0 Å². The van der Waals surface area contributed by atoms with Gasteiger partial charge in [0.15, 0.2) is 0 Å². The van der Waals surface area contributed by atoms with Crippen molar-refractivity contribution >= 4 is 24.8 Å². The van der Waals surface area contributed by atoms with E-state index in [0.29, 0.717) is 32.1 Å². The Morgan fingerprint density at radius 3 is 1.71 bits per heavy atom. The second-order valence-corrected chi connectivity index (χ2v) is 9.42. The summed E-state index contributed by atoms with van der Waals surface area (Å²) in [5.41, 5.74) is -3.08. The Bertz CT molecular complexity index is 585. The number of nitrogens with one attached hydrogen (secondary N) is 2. The molecule has 2 atom stereocenters. The van der Waals surface area contributed by atoms with Gasteiger partial charge in [0.05, 0.1) is 19.1 Å². The summed E-state index contributed by atoms with van der Waals surface area (Å²) in [5.74, 6) is -3.26. The molecule has 31 heavy (non-hydrogen) atoms. The molecule has 0 fully saturated rings. The predicted molar refractivity (Wildman–Crippen MR) is 112 cm³/mol. The maximum absolute atomic E-state index is 12.6. The van der Waals surface area contributed by atoms with Gasteiger partial charge in [0.2, 0.25) is 12.8 Å². The van der Waals surface area contributed by atoms with Crippen molar-refractivity contribution in [2.75, 3.05) is 13.2 Å². The Hall–Kier alpha value is -2.20. The maximum Gasteiger partial charge on any atom is 0.316 e. The molecule has 0 aliphatic rings. The molecule has 0 heterocycles. The fourth-order valence-electron chi connectivity index (χ4n) is 3.04. The van der Waals surface area contributed by atoms with Crippen molar-refractivity contribution in [1.29, 1.82) is 0 Å². The van der Waals surface area contributed by atoms with E-state index >= 15 is 0 Å². The first kappa shape index (κ1) is 28.8. The lowest BCUT2D eigenvalue weighted by Gasteiger charge is -2.39. The van der Waals surface area contributed by atoms with Crippen LogP contribution in [0.1, 0.15) is 67.2 Å². The third-order valence-electron chi connectivity index (χ3n) is 4.44. The number of unbranched alkanes of at least 4 members (excludes halogenated alkanes) is 1. The molecule has 10 nitrogen and oxygen atoms in total. The van der Waals surface area contributed by atoms with Crippen LogP contribution in [0.2, 0.25) is 0 Å². The number of aliphatic hydroxyl groups excluding tert-OH is 2. The monoisotopic (exact) mass is 446 g/mol. The summed E-state index contributed by atoms with van der Waals surface area (Å²) in [6, 6.07) is 0. The molecule has 180 valence electrons. The highest BCUT2D eigenvalue weighted by molar-refractivity contribution is 5.76. The zero-order valence-electron chi connectivity index (χ0n) is 19.4. The van der Waals surface area contributed by atoms with Crippen molar-refractivity contribution in [2.24, 2.45) is 11.8 Å². The summed E-state index contributed by atoms with van der Waals surface area (Å²) in [4.78, 5) is 47.3. The van der Waals surface area contributed by atoms with Crippen LogP contribution in [0.15, 0.2) is 0 Å². The van der Waals surface area contributed by atoms with Crippen LogP contribution < -0.4 is 10.6 Å². The number of hydrogen-bond acceptors (Lipinski definition) is 8. The first-order valence-corrected chi connectivity index (χ1v) is 10.4. The van der Waals surface area contributed by atoms with Crippen LogP contribution in [0, 0.1) is 11.8 Å². The number of carbonyl (C=O) groups excluding carboxylic acids is 4. The highest BCUT2D eigenvalue weighted by atomic mass is 16.6. The number of hydrogen-bond donors (Lipinski definition) is 4. The van der Waals surface area contributed by atoms with E-state index in [-0.39, 0.29) is 13.0 Å². The molecule has 0 aliphatic heterocycles. The molecule has 0 rings (SSSR count). The van der Waals surface area contributed by atoms with E-state index in [1.165, 1.54) is 0 Å². The lowest BCUT2D eigenvalue weighted by molar-refractivity contribution is -0.166. The van der Waals surface area contributed by atoms with Gasteiger partial charge in [0.25, 0.3) is 0 Å². The van der Waals surface area contributed by atoms with Crippen LogP contribution in [0.25, 0.3) is 0 Å². The van der Waals surface area contributed by atoms with E-state index in [4.69, 9.17) is 9.47 Å². The van der Waals surface area contributed by atoms with Gasteiger partial charge in [0.1, 0.15) is 22.8 Å². The van der Waals surface area contributed by atoms with Gasteiger partial charge < -0.3 is 30.3 Å². The molecule has 0 aromatic rings. The summed E-state index contributed by atoms with van der Waals surface area (Å²) in [6.45, 7) is 9.12. The fraction of sp³-hybridized carbons (Fsp3) is 0.810. The molecular weight excluding hydrogens is 408 g/mol. The average Bonchev–Trinajstić information content (AvgIpc) is 2.59. The van der Waals surface area contributed by atoms with E-state index in [0.717, 1.165) is 0 Å². The molecular formula is C21H38N2O8. The smallest absolute Gasteiger partial charge is 0.316 e. The molecule has 10 heteroatoms. The van der Waals surface area contributed by atoms with Crippen LogP contribution in [0.4, 0.5) is 0 Å². The summed E-state index contributed by atoms with van der Waals surface area (Å²) in [6.07, 6.45) is 1.85. The first-order chi connectivity index (χ1) is 14.2. The molecule has 0 aromatic heterocycles. The summed E-state index contributed by atoms with van der Waals surface area (Å²) < 4.78 is 10.6. The minimum atomic E-state index is -1.57. The highest BCUT2D eigenvalue weighted by Gasteiger charge is 2.44. The largest absolute Gasteiger partial charge is 0.460 e. The second kappa shape index (κ2) is 12.6. The molecule has 0 saturated carbocycles. The SMILES string of the molecule is CC(C)(C)OC(=O)[C@@H](CO)CCCCC(NC=O)(NC=O)[C@H](CO)C(=O)OC(C)(C)C. The maximum atomic E-state index is 12.6. The average molecular weight is 447 g/mol. The fourth-order valence-corrected chi connectivity index (χ4v) is 3.04. The van der Waals surface area contributed by atoms with E-state index in [1.54, 1.807) is 41.5 Å². The quantitative estimate of drug-likeness (QED) is 0.131. The van der Waals surface area contributed by atoms with Crippen LogP contribution in [0.5, 0.6) is 0 Å². The van der Waals surface area contributed by atoms with Crippen molar-refractivity contribution in [1.82, 2.24) is 10.6 Å². The minimum absolute atomic E-state index is 0.0847. The van der Waals surface area contributed by atoms with E-state index in [2.05, 4.69) is 10.6 Å². The molecule has 0 bridgehead atoms. The number of carbonyl (C=O) groups is 4. The zero-order valence-corrected chi connectivity index (χ0v) is 19.4. The minimum Gasteiger partial charge on any atom is -0.460 e. The number of ether oxygens (including phenoxy) is 2. The third kappa shape index (κ3) is 10.6. The summed E-state index contributed by atoms with van der Waals surface area (Å²) in [7, 11) is 0. The van der Waals surface area contributed by atoms with E-state index in [1.807, 2.05) is 0 Å². The number of esters is 2. The van der Waals surface area contributed by atoms with Crippen LogP contribution in [-0.4, -0.2) is 65.1 Å². The van der Waals surface area contributed by atoms with E-state index < -0.39 is 47.2 Å². The van der Waals surface area contributed by atoms with E-state index in [9.17, 15) is 29.4 Å². The Balaban J connectivity index is 5.31. The molecule has 0 aliphatic carbocycles. The molecule has 0 aromatic carbocycles. The van der Waals surface area contributed by atoms with Gasteiger partial charge in [-0.05, 0) is 60.8 Å². The number of amides is 2. The first-order valence-electron chi connectivity index (χ1n) is 10.4. The van der Waals surface area contributed by atoms with Crippen LogP contribution in [0.3, 0.4) is 0 Å². The molecule has 4 N–H and O–H groups in total. The topological polar surface area (TPSA) is 151 Å². The zero-order chi connectivity index (χ0) is 24.3. The number of aliphatic hydroxyl groups is 2. The van der Waals surface area contributed by atoms with Crippen LogP contribution in [-0.2, 0) is 28.7 Å². The van der Waals surface area contributed by atoms with Crippen molar-refractivity contribution in [3.63, 3.8) is 0 Å². The van der Waals surface area contributed by atoms with Crippen LogP contribution >= 0.6 is 0 Å². The predicted octanol–water partition coefficient (Wildman–Crippen LogP) is 0.636. The summed E-state index contributed by atoms with van der Waals surface area (Å²) in [5, 5.41) is 24.2. The third-order valence-corrected chi connectivity index (χ3v) is 4.44. The van der Waals surface area contributed by atoms with Gasteiger partial charge in [-0.15, -0.1) is 0 Å². The van der Waals surface area contributed by atoms with Gasteiger partial charge in [0, 0.05) is 0 Å². The lowest BCUT2D eigenvalue weighted by atomic mass is 9.86. The lowest BCUT2D eigenvalue weighted by Crippen LogP contribution is -2.64. The molecule has 2 amide bonds. The van der Waals surface area contributed by atoms with Gasteiger partial charge in [-0.1, -0.05) is 6.42 Å². The van der Waals surface area contributed by atoms with Crippen molar-refractivity contribution in [3.05, 3.63) is 0 Å². The Kier molecular flexibility index (Phi) is 11.7. The summed E-state index contributed by atoms with van der Waals surface area (Å²) >= 11 is 0. The molecule has 0 saturated heterocycles. The van der Waals surface area contributed by atoms with Gasteiger partial charge in [-0.3, -0.25) is 19.2 Å². The standard InChI is InChI=1S/C21H38N2O8/c1-19(2,3)30-17(28)15(11-24)9-7-8-10-21(22-13-26,23-14-27)16(12-25)18(29)31-20(4,5)6/h13-16,24-25H,7-12H2,1-6H3,(H,22,26)(H,23,27)/t15-,16-/m1/s1. The highest BCUT2D eigenvalue weighted by Crippen LogP contribution is 2.26. The molecule has 0 unspecified atom stereocenters.